The summed E-state index contributed by atoms with van der Waals surface area (Å²) >= 11 is 0. The molecule has 1 aliphatic carbocycles. The van der Waals surface area contributed by atoms with Gasteiger partial charge in [-0.2, -0.15) is 0 Å². The Morgan fingerprint density at radius 2 is 1.30 bits per heavy atom. The Morgan fingerprint density at radius 1 is 0.700 bits per heavy atom. The van der Waals surface area contributed by atoms with Gasteiger partial charge in [0.25, 0.3) is 0 Å². The van der Waals surface area contributed by atoms with E-state index in [-0.39, 0.29) is 0 Å². The topological polar surface area (TPSA) is 0 Å². The quantitative estimate of drug-likeness (QED) is 0.639. The number of hydrogen-bond donors (Lipinski definition) is 0. The molecule has 0 nitrogen and oxygen atoms in total. The van der Waals surface area contributed by atoms with Gasteiger partial charge in [0.2, 0.25) is 0 Å². The van der Waals surface area contributed by atoms with Crippen LogP contribution in [-0.2, 0) is 0 Å². The van der Waals surface area contributed by atoms with Gasteiger partial charge in [-0.1, -0.05) is 42.0 Å². The molecule has 0 amide bonds. The van der Waals surface area contributed by atoms with Crippen LogP contribution in [0.1, 0.15) is 51.8 Å². The zero-order valence-electron chi connectivity index (χ0n) is 13.0. The molecule has 0 fully saturated rings. The second-order valence-electron chi connectivity index (χ2n) is 6.06. The second-order valence-corrected chi connectivity index (χ2v) is 6.06. The highest BCUT2D eigenvalue weighted by Crippen LogP contribution is 2.45. The van der Waals surface area contributed by atoms with E-state index in [4.69, 9.17) is 0 Å². The summed E-state index contributed by atoms with van der Waals surface area (Å²) < 4.78 is 0. The maximum atomic E-state index is 2.39. The van der Waals surface area contributed by atoms with Gasteiger partial charge in [-0.25, -0.2) is 0 Å². The van der Waals surface area contributed by atoms with Crippen LogP contribution in [0.4, 0.5) is 0 Å². The van der Waals surface area contributed by atoms with Gasteiger partial charge in [-0.3, -0.25) is 0 Å². The first kappa shape index (κ1) is 13.2. The molecule has 1 aliphatic rings. The summed E-state index contributed by atoms with van der Waals surface area (Å²) in [7, 11) is 0. The van der Waals surface area contributed by atoms with Crippen LogP contribution >= 0.6 is 0 Å². The van der Waals surface area contributed by atoms with Crippen LogP contribution in [0.5, 0.6) is 0 Å². The molecule has 0 N–H and O–H groups in total. The van der Waals surface area contributed by atoms with Gasteiger partial charge in [0.1, 0.15) is 0 Å². The Morgan fingerprint density at radius 3 is 1.95 bits per heavy atom. The monoisotopic (exact) mass is 262 g/mol. The summed E-state index contributed by atoms with van der Waals surface area (Å²) in [6.45, 7) is 11.3. The van der Waals surface area contributed by atoms with Crippen LogP contribution in [-0.4, -0.2) is 0 Å². The Labute approximate surface area is 122 Å². The minimum absolute atomic E-state index is 0.434. The average molecular weight is 262 g/mol. The van der Waals surface area contributed by atoms with Crippen molar-refractivity contribution in [1.82, 2.24) is 0 Å². The molecule has 20 heavy (non-hydrogen) atoms. The summed E-state index contributed by atoms with van der Waals surface area (Å²) in [6.07, 6.45) is 2.39. The predicted octanol–water partition coefficient (Wildman–Crippen LogP) is 5.47. The van der Waals surface area contributed by atoms with Crippen molar-refractivity contribution in [2.75, 3.05) is 0 Å². The van der Waals surface area contributed by atoms with Gasteiger partial charge in [0, 0.05) is 5.92 Å². The van der Waals surface area contributed by atoms with E-state index in [1.165, 1.54) is 44.5 Å². The smallest absolute Gasteiger partial charge is 0.0308 e. The van der Waals surface area contributed by atoms with Gasteiger partial charge in [0.05, 0.1) is 0 Å². The summed E-state index contributed by atoms with van der Waals surface area (Å²) in [5.74, 6) is 0.434. The Hall–Kier alpha value is -1.82. The Balaban J connectivity index is 2.29. The molecule has 0 heterocycles. The molecule has 0 spiro atoms. The molecule has 0 saturated heterocycles. The van der Waals surface area contributed by atoms with E-state index < -0.39 is 0 Å². The van der Waals surface area contributed by atoms with Crippen LogP contribution in [0.25, 0.3) is 6.08 Å². The highest BCUT2D eigenvalue weighted by atomic mass is 14.3. The van der Waals surface area contributed by atoms with E-state index in [0.717, 1.165) is 0 Å². The summed E-state index contributed by atoms with van der Waals surface area (Å²) in [5.41, 5.74) is 11.6. The molecule has 0 unspecified atom stereocenters. The van der Waals surface area contributed by atoms with Crippen molar-refractivity contribution >= 4 is 6.08 Å². The maximum Gasteiger partial charge on any atom is 0.0308 e. The highest BCUT2D eigenvalue weighted by molar-refractivity contribution is 5.75. The zero-order valence-corrected chi connectivity index (χ0v) is 13.0. The summed E-state index contributed by atoms with van der Waals surface area (Å²) in [5, 5.41) is 0. The van der Waals surface area contributed by atoms with Gasteiger partial charge < -0.3 is 0 Å². The van der Waals surface area contributed by atoms with Crippen LogP contribution in [0.3, 0.4) is 0 Å². The molecule has 1 atom stereocenters. The van der Waals surface area contributed by atoms with Gasteiger partial charge >= 0.3 is 0 Å². The van der Waals surface area contributed by atoms with Crippen molar-refractivity contribution in [3.05, 3.63) is 74.8 Å². The summed E-state index contributed by atoms with van der Waals surface area (Å²) in [4.78, 5) is 0. The molecule has 0 bridgehead atoms. The number of hydrogen-bond acceptors (Lipinski definition) is 0. The van der Waals surface area contributed by atoms with Gasteiger partial charge in [-0.15, -0.1) is 0 Å². The number of rotatable bonds is 1. The largest absolute Gasteiger partial charge is 0.0622 e. The number of benzene rings is 2. The first-order chi connectivity index (χ1) is 9.52. The van der Waals surface area contributed by atoms with E-state index in [2.05, 4.69) is 71.0 Å². The van der Waals surface area contributed by atoms with Crippen molar-refractivity contribution in [1.29, 1.82) is 0 Å². The fourth-order valence-electron chi connectivity index (χ4n) is 3.54. The lowest BCUT2D eigenvalue weighted by atomic mass is 9.82. The van der Waals surface area contributed by atoms with E-state index in [9.17, 15) is 0 Å². The Bertz CT molecular complexity index is 703. The zero-order chi connectivity index (χ0) is 14.4. The highest BCUT2D eigenvalue weighted by Gasteiger charge is 2.28. The predicted molar refractivity (Wildman–Crippen MR) is 87.3 cm³/mol. The molecule has 0 saturated carbocycles. The molecule has 3 rings (SSSR count). The van der Waals surface area contributed by atoms with Crippen molar-refractivity contribution in [2.24, 2.45) is 0 Å². The van der Waals surface area contributed by atoms with Crippen molar-refractivity contribution in [3.8, 4) is 0 Å². The van der Waals surface area contributed by atoms with E-state index in [1.54, 1.807) is 0 Å². The van der Waals surface area contributed by atoms with Crippen LogP contribution in [0.15, 0.2) is 35.9 Å². The SMILES string of the molecule is CC1=Cc2c(C)c(C)c(C)c(C)c2[C@@H]1c1ccccc1. The third-order valence-corrected chi connectivity index (χ3v) is 5.03. The molecule has 0 aliphatic heterocycles. The van der Waals surface area contributed by atoms with E-state index >= 15 is 0 Å². The standard InChI is InChI=1S/C20H22/c1-12-11-18-15(4)13(2)14(3)16(5)20(18)19(12)17-9-7-6-8-10-17/h6-11,19H,1-5H3/t19-/m0/s1. The molecule has 0 radical (unpaired) electrons. The minimum Gasteiger partial charge on any atom is -0.0622 e. The van der Waals surface area contributed by atoms with Crippen molar-refractivity contribution in [3.63, 3.8) is 0 Å². The molecule has 2 aromatic carbocycles. The summed E-state index contributed by atoms with van der Waals surface area (Å²) in [6, 6.07) is 10.9. The lowest BCUT2D eigenvalue weighted by molar-refractivity contribution is 0.952. The fourth-order valence-corrected chi connectivity index (χ4v) is 3.54. The van der Waals surface area contributed by atoms with Crippen LogP contribution in [0.2, 0.25) is 0 Å². The lowest BCUT2D eigenvalue weighted by Gasteiger charge is -2.21. The average Bonchev–Trinajstić information content (AvgIpc) is 2.81. The van der Waals surface area contributed by atoms with Gasteiger partial charge in [-0.05, 0) is 73.6 Å². The first-order valence-corrected chi connectivity index (χ1v) is 7.35. The van der Waals surface area contributed by atoms with E-state index in [1.807, 2.05) is 0 Å². The molecular formula is C20H22. The normalized spacial score (nSPS) is 17.1. The molecule has 2 aromatic rings. The van der Waals surface area contributed by atoms with E-state index in [0.29, 0.717) is 5.92 Å². The Kier molecular flexibility index (Phi) is 3.05. The second kappa shape index (κ2) is 4.63. The van der Waals surface area contributed by atoms with Crippen LogP contribution in [0, 0.1) is 27.7 Å². The van der Waals surface area contributed by atoms with Crippen LogP contribution < -0.4 is 0 Å². The molecule has 102 valence electrons. The minimum atomic E-state index is 0.434. The lowest BCUT2D eigenvalue weighted by Crippen LogP contribution is -2.05. The third kappa shape index (κ3) is 1.75. The molecule has 0 heteroatoms. The number of fused-ring (bicyclic) bond motifs is 1. The number of allylic oxidation sites excluding steroid dienone is 1. The molecular weight excluding hydrogens is 240 g/mol. The van der Waals surface area contributed by atoms with Crippen molar-refractivity contribution in [2.45, 2.75) is 40.5 Å². The fraction of sp³-hybridized carbons (Fsp3) is 0.300. The van der Waals surface area contributed by atoms with Crippen molar-refractivity contribution < 1.29 is 0 Å². The van der Waals surface area contributed by atoms with Gasteiger partial charge in [0.15, 0.2) is 0 Å². The maximum absolute atomic E-state index is 2.39. The first-order valence-electron chi connectivity index (χ1n) is 7.35. The molecule has 0 aromatic heterocycles. The third-order valence-electron chi connectivity index (χ3n) is 5.03.